The molecule has 0 unspecified atom stereocenters. The first-order valence-corrected chi connectivity index (χ1v) is 7.55. The molecule has 1 fully saturated rings. The van der Waals surface area contributed by atoms with Gasteiger partial charge < -0.3 is 9.47 Å². The molecule has 1 saturated heterocycles. The zero-order valence-corrected chi connectivity index (χ0v) is 13.7. The van der Waals surface area contributed by atoms with Crippen molar-refractivity contribution in [3.05, 3.63) is 35.9 Å². The summed E-state index contributed by atoms with van der Waals surface area (Å²) in [6.45, 7) is 3.86. The van der Waals surface area contributed by atoms with Crippen LogP contribution in [0, 0.1) is 5.41 Å². The molecule has 0 spiro atoms. The number of carbonyl (C=O) groups is 2. The SMILES string of the molecule is COC(=O)C(C)(C)C/C=N/N1C(=O)OC[C@@H]1Cc1ccccc1. The van der Waals surface area contributed by atoms with Crippen LogP contribution >= 0.6 is 0 Å². The molecule has 2 rings (SSSR count). The smallest absolute Gasteiger partial charge is 0.430 e. The van der Waals surface area contributed by atoms with Gasteiger partial charge >= 0.3 is 12.1 Å². The molecule has 124 valence electrons. The summed E-state index contributed by atoms with van der Waals surface area (Å²) < 4.78 is 9.84. The highest BCUT2D eigenvalue weighted by Gasteiger charge is 2.33. The van der Waals surface area contributed by atoms with Gasteiger partial charge in [0.1, 0.15) is 6.61 Å². The lowest BCUT2D eigenvalue weighted by molar-refractivity contribution is -0.150. The highest BCUT2D eigenvalue weighted by Crippen LogP contribution is 2.22. The van der Waals surface area contributed by atoms with Gasteiger partial charge in [-0.1, -0.05) is 30.3 Å². The molecular weight excluding hydrogens is 296 g/mol. The van der Waals surface area contributed by atoms with E-state index >= 15 is 0 Å². The lowest BCUT2D eigenvalue weighted by Crippen LogP contribution is -2.31. The summed E-state index contributed by atoms with van der Waals surface area (Å²) in [7, 11) is 1.36. The van der Waals surface area contributed by atoms with Crippen molar-refractivity contribution >= 4 is 18.3 Å². The fraction of sp³-hybridized carbons (Fsp3) is 0.471. The number of hydrazone groups is 1. The van der Waals surface area contributed by atoms with Gasteiger partial charge in [-0.05, 0) is 25.8 Å². The van der Waals surface area contributed by atoms with Crippen LogP contribution in [0.25, 0.3) is 0 Å². The number of cyclic esters (lactones) is 1. The van der Waals surface area contributed by atoms with Crippen LogP contribution in [0.1, 0.15) is 25.8 Å². The average molecular weight is 318 g/mol. The van der Waals surface area contributed by atoms with E-state index in [1.165, 1.54) is 12.1 Å². The fourth-order valence-corrected chi connectivity index (χ4v) is 2.34. The second-order valence-electron chi connectivity index (χ2n) is 6.14. The summed E-state index contributed by atoms with van der Waals surface area (Å²) in [4.78, 5) is 23.5. The van der Waals surface area contributed by atoms with Gasteiger partial charge in [0.05, 0.1) is 18.6 Å². The average Bonchev–Trinajstić information content (AvgIpc) is 2.88. The maximum absolute atomic E-state index is 11.8. The maximum atomic E-state index is 11.8. The summed E-state index contributed by atoms with van der Waals surface area (Å²) in [6, 6.07) is 9.74. The van der Waals surface area contributed by atoms with Crippen molar-refractivity contribution < 1.29 is 19.1 Å². The Morgan fingerprint density at radius 3 is 2.78 bits per heavy atom. The van der Waals surface area contributed by atoms with Crippen LogP contribution in [-0.4, -0.2) is 43.0 Å². The van der Waals surface area contributed by atoms with Crippen molar-refractivity contribution in [2.45, 2.75) is 32.7 Å². The number of ether oxygens (including phenoxy) is 2. The van der Waals surface area contributed by atoms with Gasteiger partial charge in [-0.3, -0.25) is 4.79 Å². The largest absolute Gasteiger partial charge is 0.469 e. The summed E-state index contributed by atoms with van der Waals surface area (Å²) in [5.74, 6) is -0.311. The van der Waals surface area contributed by atoms with Gasteiger partial charge in [-0.2, -0.15) is 10.1 Å². The van der Waals surface area contributed by atoms with E-state index in [9.17, 15) is 9.59 Å². The Kier molecular flexibility index (Phi) is 5.36. The molecule has 0 aliphatic carbocycles. The summed E-state index contributed by atoms with van der Waals surface area (Å²) in [6.07, 6.45) is 2.16. The zero-order valence-electron chi connectivity index (χ0n) is 13.7. The monoisotopic (exact) mass is 318 g/mol. The van der Waals surface area contributed by atoms with Crippen LogP contribution in [0.4, 0.5) is 4.79 Å². The molecule has 1 aromatic carbocycles. The molecular formula is C17H22N2O4. The third-order valence-electron chi connectivity index (χ3n) is 3.79. The molecule has 1 heterocycles. The van der Waals surface area contributed by atoms with E-state index < -0.39 is 11.5 Å². The predicted octanol–water partition coefficient (Wildman–Crippen LogP) is 2.63. The van der Waals surface area contributed by atoms with E-state index in [0.717, 1.165) is 5.56 Å². The Morgan fingerprint density at radius 2 is 2.13 bits per heavy atom. The summed E-state index contributed by atoms with van der Waals surface area (Å²) >= 11 is 0. The number of hydrogen-bond acceptors (Lipinski definition) is 5. The third kappa shape index (κ3) is 4.31. The Balaban J connectivity index is 2.00. The van der Waals surface area contributed by atoms with Crippen LogP contribution in [0.2, 0.25) is 0 Å². The minimum absolute atomic E-state index is 0.137. The van der Waals surface area contributed by atoms with Crippen molar-refractivity contribution in [1.82, 2.24) is 5.01 Å². The van der Waals surface area contributed by atoms with Crippen LogP contribution in [0.15, 0.2) is 35.4 Å². The first kappa shape index (κ1) is 17.0. The molecule has 6 nitrogen and oxygen atoms in total. The van der Waals surface area contributed by atoms with Gasteiger partial charge in [0.15, 0.2) is 0 Å². The highest BCUT2D eigenvalue weighted by atomic mass is 16.6. The van der Waals surface area contributed by atoms with Gasteiger partial charge in [0, 0.05) is 12.6 Å². The number of amides is 1. The molecule has 1 atom stereocenters. The standard InChI is InChI=1S/C17H22N2O4/c1-17(2,15(20)22-3)9-10-18-19-14(12-23-16(19)21)11-13-7-5-4-6-8-13/h4-8,10,14H,9,11-12H2,1-3H3/b18-10+/t14-/m0/s1. The third-order valence-corrected chi connectivity index (χ3v) is 3.79. The topological polar surface area (TPSA) is 68.2 Å². The molecule has 23 heavy (non-hydrogen) atoms. The summed E-state index contributed by atoms with van der Waals surface area (Å²) in [5, 5.41) is 5.56. The minimum atomic E-state index is -0.684. The van der Waals surface area contributed by atoms with E-state index in [1.807, 2.05) is 30.3 Å². The molecule has 0 aromatic heterocycles. The van der Waals surface area contributed by atoms with Gasteiger partial charge in [-0.15, -0.1) is 0 Å². The van der Waals surface area contributed by atoms with Crippen molar-refractivity contribution in [2.24, 2.45) is 10.5 Å². The minimum Gasteiger partial charge on any atom is -0.469 e. The lowest BCUT2D eigenvalue weighted by Gasteiger charge is -2.20. The Hall–Kier alpha value is -2.37. The predicted molar refractivity (Wildman–Crippen MR) is 86.0 cm³/mol. The number of esters is 1. The second kappa shape index (κ2) is 7.26. The first-order chi connectivity index (χ1) is 10.9. The van der Waals surface area contributed by atoms with E-state index in [2.05, 4.69) is 5.10 Å². The highest BCUT2D eigenvalue weighted by molar-refractivity contribution is 5.80. The molecule has 0 radical (unpaired) electrons. The molecule has 1 amide bonds. The van der Waals surface area contributed by atoms with Crippen LogP contribution < -0.4 is 0 Å². The Bertz CT molecular complexity index is 584. The molecule has 1 aliphatic rings. The molecule has 0 N–H and O–H groups in total. The quantitative estimate of drug-likeness (QED) is 0.597. The number of rotatable bonds is 6. The molecule has 1 aliphatic heterocycles. The van der Waals surface area contributed by atoms with Crippen LogP contribution in [0.3, 0.4) is 0 Å². The van der Waals surface area contributed by atoms with E-state index in [1.54, 1.807) is 20.1 Å². The van der Waals surface area contributed by atoms with Gasteiger partial charge in [0.25, 0.3) is 0 Å². The van der Waals surface area contributed by atoms with E-state index in [0.29, 0.717) is 19.4 Å². The Morgan fingerprint density at radius 1 is 1.43 bits per heavy atom. The first-order valence-electron chi connectivity index (χ1n) is 7.55. The maximum Gasteiger partial charge on any atom is 0.430 e. The fourth-order valence-electron chi connectivity index (χ4n) is 2.34. The number of nitrogens with zero attached hydrogens (tertiary/aromatic N) is 2. The molecule has 0 saturated carbocycles. The lowest BCUT2D eigenvalue weighted by atomic mass is 9.90. The van der Waals surface area contributed by atoms with Gasteiger partial charge in [-0.25, -0.2) is 4.79 Å². The second-order valence-corrected chi connectivity index (χ2v) is 6.14. The molecule has 1 aromatic rings. The van der Waals surface area contributed by atoms with E-state index in [-0.39, 0.29) is 12.0 Å². The molecule has 0 bridgehead atoms. The van der Waals surface area contributed by atoms with Crippen molar-refractivity contribution in [3.63, 3.8) is 0 Å². The van der Waals surface area contributed by atoms with E-state index in [4.69, 9.17) is 9.47 Å². The Labute approximate surface area is 136 Å². The zero-order chi connectivity index (χ0) is 16.9. The van der Waals surface area contributed by atoms with Crippen LogP contribution in [0.5, 0.6) is 0 Å². The van der Waals surface area contributed by atoms with Crippen molar-refractivity contribution in [2.75, 3.05) is 13.7 Å². The molecule has 6 heteroatoms. The van der Waals surface area contributed by atoms with Gasteiger partial charge in [0.2, 0.25) is 0 Å². The number of carbonyl (C=O) groups excluding carboxylic acids is 2. The number of benzene rings is 1. The number of hydrogen-bond donors (Lipinski definition) is 0. The van der Waals surface area contributed by atoms with Crippen molar-refractivity contribution in [1.29, 1.82) is 0 Å². The normalized spacial score (nSPS) is 18.3. The van der Waals surface area contributed by atoms with Crippen LogP contribution in [-0.2, 0) is 20.7 Å². The number of methoxy groups -OCH3 is 1. The van der Waals surface area contributed by atoms with Crippen molar-refractivity contribution in [3.8, 4) is 0 Å². The summed E-state index contributed by atoms with van der Waals surface area (Å²) in [5.41, 5.74) is 0.433.